The van der Waals surface area contributed by atoms with E-state index in [0.29, 0.717) is 13.2 Å². The molecule has 0 aliphatic heterocycles. The Morgan fingerprint density at radius 1 is 1.19 bits per heavy atom. The first kappa shape index (κ1) is 17.9. The van der Waals surface area contributed by atoms with E-state index in [4.69, 9.17) is 9.47 Å². The van der Waals surface area contributed by atoms with Crippen molar-refractivity contribution in [1.29, 1.82) is 0 Å². The van der Waals surface area contributed by atoms with E-state index in [-0.39, 0.29) is 11.9 Å². The molecule has 0 aliphatic carbocycles. The lowest BCUT2D eigenvalue weighted by Crippen LogP contribution is -2.31. The number of benzene rings is 1. The van der Waals surface area contributed by atoms with Gasteiger partial charge in [0.05, 0.1) is 6.61 Å². The Labute approximate surface area is 127 Å². The lowest BCUT2D eigenvalue weighted by Gasteiger charge is -2.29. The molecule has 1 aromatic rings. The number of nitrogens with one attached hydrogen (secondary N) is 1. The van der Waals surface area contributed by atoms with Crippen LogP contribution in [0.4, 0.5) is 10.1 Å². The van der Waals surface area contributed by atoms with E-state index in [1.165, 1.54) is 6.07 Å². The summed E-state index contributed by atoms with van der Waals surface area (Å²) in [5.41, 5.74) is 2.01. The molecule has 1 unspecified atom stereocenters. The third-order valence-electron chi connectivity index (χ3n) is 3.57. The second-order valence-electron chi connectivity index (χ2n) is 5.04. The molecule has 4 nitrogen and oxygen atoms in total. The van der Waals surface area contributed by atoms with Crippen LogP contribution >= 0.6 is 0 Å². The van der Waals surface area contributed by atoms with Crippen molar-refractivity contribution in [3.8, 4) is 0 Å². The molecule has 1 rings (SSSR count). The number of hydrogen-bond acceptors (Lipinski definition) is 4. The minimum atomic E-state index is -0.209. The Morgan fingerprint density at radius 3 is 2.52 bits per heavy atom. The van der Waals surface area contributed by atoms with Crippen LogP contribution in [-0.2, 0) is 9.47 Å². The van der Waals surface area contributed by atoms with Gasteiger partial charge in [0.2, 0.25) is 0 Å². The Kier molecular flexibility index (Phi) is 8.27. The second-order valence-corrected chi connectivity index (χ2v) is 5.04. The van der Waals surface area contributed by atoms with Gasteiger partial charge in [-0.05, 0) is 44.2 Å². The van der Waals surface area contributed by atoms with E-state index < -0.39 is 0 Å². The fraction of sp³-hybridized carbons (Fsp3) is 0.625. The summed E-state index contributed by atoms with van der Waals surface area (Å²) in [5, 5.41) is 3.18. The highest BCUT2D eigenvalue weighted by Gasteiger charge is 2.15. The van der Waals surface area contributed by atoms with Crippen molar-refractivity contribution in [3.05, 3.63) is 29.6 Å². The lowest BCUT2D eigenvalue weighted by atomic mass is 10.0. The van der Waals surface area contributed by atoms with Crippen LogP contribution in [-0.4, -0.2) is 47.6 Å². The predicted molar refractivity (Wildman–Crippen MR) is 84.5 cm³/mol. The maximum atomic E-state index is 13.6. The second kappa shape index (κ2) is 9.71. The summed E-state index contributed by atoms with van der Waals surface area (Å²) < 4.78 is 23.9. The molecule has 0 fully saturated rings. The smallest absolute Gasteiger partial charge is 0.123 e. The Bertz CT molecular complexity index is 415. The number of hydrogen-bond donors (Lipinski definition) is 1. The summed E-state index contributed by atoms with van der Waals surface area (Å²) in [4.78, 5) is 2.23. The maximum absolute atomic E-state index is 13.6. The number of ether oxygens (including phenoxy) is 2. The molecule has 5 heteroatoms. The van der Waals surface area contributed by atoms with Crippen molar-refractivity contribution < 1.29 is 13.9 Å². The van der Waals surface area contributed by atoms with Crippen LogP contribution < -0.4 is 10.2 Å². The van der Waals surface area contributed by atoms with Crippen LogP contribution in [0.3, 0.4) is 0 Å². The quantitative estimate of drug-likeness (QED) is 0.673. The van der Waals surface area contributed by atoms with Gasteiger partial charge >= 0.3 is 0 Å². The van der Waals surface area contributed by atoms with E-state index in [2.05, 4.69) is 10.2 Å². The molecule has 0 radical (unpaired) electrons. The highest BCUT2D eigenvalue weighted by Crippen LogP contribution is 2.27. The van der Waals surface area contributed by atoms with Crippen LogP contribution in [0.1, 0.15) is 24.9 Å². The largest absolute Gasteiger partial charge is 0.385 e. The van der Waals surface area contributed by atoms with Crippen molar-refractivity contribution >= 4 is 5.69 Å². The molecule has 0 bridgehead atoms. The van der Waals surface area contributed by atoms with Gasteiger partial charge in [-0.2, -0.15) is 0 Å². The topological polar surface area (TPSA) is 33.7 Å². The zero-order valence-corrected chi connectivity index (χ0v) is 13.5. The van der Waals surface area contributed by atoms with Gasteiger partial charge in [-0.1, -0.05) is 0 Å². The molecule has 120 valence electrons. The summed E-state index contributed by atoms with van der Waals surface area (Å²) in [5.74, 6) is -0.209. The molecule has 21 heavy (non-hydrogen) atoms. The van der Waals surface area contributed by atoms with E-state index in [9.17, 15) is 4.39 Å². The van der Waals surface area contributed by atoms with Crippen molar-refractivity contribution in [1.82, 2.24) is 5.32 Å². The third-order valence-corrected chi connectivity index (χ3v) is 3.57. The molecular formula is C16H27FN2O2. The minimum absolute atomic E-state index is 0.0863. The normalized spacial score (nSPS) is 12.4. The van der Waals surface area contributed by atoms with Gasteiger partial charge in [-0.25, -0.2) is 4.39 Å². The average Bonchev–Trinajstić information content (AvgIpc) is 2.50. The molecule has 0 aromatic heterocycles. The van der Waals surface area contributed by atoms with E-state index >= 15 is 0 Å². The molecular weight excluding hydrogens is 271 g/mol. The molecule has 0 amide bonds. The first-order valence-corrected chi connectivity index (χ1v) is 7.33. The Balaban J connectivity index is 2.98. The standard InChI is InChI=1S/C16H27FN2O2/c1-13(18-2)15-12-14(17)6-7-16(15)19(9-11-21-4)8-5-10-20-3/h6-7,12-13,18H,5,8-11H2,1-4H3. The first-order valence-electron chi connectivity index (χ1n) is 7.33. The van der Waals surface area contributed by atoms with E-state index in [0.717, 1.165) is 30.8 Å². The van der Waals surface area contributed by atoms with Gasteiger partial charge in [0, 0.05) is 45.6 Å². The molecule has 0 heterocycles. The van der Waals surface area contributed by atoms with Gasteiger partial charge in [-0.3, -0.25) is 0 Å². The van der Waals surface area contributed by atoms with Gasteiger partial charge in [0.15, 0.2) is 0 Å². The van der Waals surface area contributed by atoms with Gasteiger partial charge in [-0.15, -0.1) is 0 Å². The number of nitrogens with zero attached hydrogens (tertiary/aromatic N) is 1. The van der Waals surface area contributed by atoms with Crippen molar-refractivity contribution in [2.45, 2.75) is 19.4 Å². The average molecular weight is 298 g/mol. The van der Waals surface area contributed by atoms with Gasteiger partial charge in [0.1, 0.15) is 5.82 Å². The summed E-state index contributed by atoms with van der Waals surface area (Å²) in [6.45, 7) is 5.00. The van der Waals surface area contributed by atoms with Crippen LogP contribution in [0.2, 0.25) is 0 Å². The van der Waals surface area contributed by atoms with Crippen molar-refractivity contribution in [3.63, 3.8) is 0 Å². The molecule has 0 saturated carbocycles. The van der Waals surface area contributed by atoms with Crippen LogP contribution in [0.5, 0.6) is 0 Å². The third kappa shape index (κ3) is 5.61. The maximum Gasteiger partial charge on any atom is 0.123 e. The first-order chi connectivity index (χ1) is 10.1. The van der Waals surface area contributed by atoms with Gasteiger partial charge in [0.25, 0.3) is 0 Å². The Morgan fingerprint density at radius 2 is 1.90 bits per heavy atom. The SMILES string of the molecule is CNC(C)c1cc(F)ccc1N(CCCOC)CCOC. The minimum Gasteiger partial charge on any atom is -0.385 e. The van der Waals surface area contributed by atoms with E-state index in [1.807, 2.05) is 20.0 Å². The van der Waals surface area contributed by atoms with Crippen LogP contribution in [0.25, 0.3) is 0 Å². The van der Waals surface area contributed by atoms with Crippen LogP contribution in [0, 0.1) is 5.82 Å². The highest BCUT2D eigenvalue weighted by atomic mass is 19.1. The number of rotatable bonds is 10. The molecule has 1 atom stereocenters. The summed E-state index contributed by atoms with van der Waals surface area (Å²) in [6, 6.07) is 5.05. The number of halogens is 1. The Hall–Kier alpha value is -1.17. The van der Waals surface area contributed by atoms with Crippen LogP contribution in [0.15, 0.2) is 18.2 Å². The summed E-state index contributed by atoms with van der Waals surface area (Å²) in [6.07, 6.45) is 0.922. The highest BCUT2D eigenvalue weighted by molar-refractivity contribution is 5.55. The molecule has 0 saturated heterocycles. The fourth-order valence-electron chi connectivity index (χ4n) is 2.27. The predicted octanol–water partition coefficient (Wildman–Crippen LogP) is 2.60. The monoisotopic (exact) mass is 298 g/mol. The number of anilines is 1. The number of methoxy groups -OCH3 is 2. The molecule has 1 N–H and O–H groups in total. The van der Waals surface area contributed by atoms with Crippen molar-refractivity contribution in [2.24, 2.45) is 0 Å². The zero-order chi connectivity index (χ0) is 15.7. The van der Waals surface area contributed by atoms with E-state index in [1.54, 1.807) is 20.3 Å². The fourth-order valence-corrected chi connectivity index (χ4v) is 2.27. The summed E-state index contributed by atoms with van der Waals surface area (Å²) >= 11 is 0. The van der Waals surface area contributed by atoms with Gasteiger partial charge < -0.3 is 19.7 Å². The molecule has 1 aromatic carbocycles. The molecule has 0 spiro atoms. The van der Waals surface area contributed by atoms with Crippen molar-refractivity contribution in [2.75, 3.05) is 52.5 Å². The lowest BCUT2D eigenvalue weighted by molar-refractivity contribution is 0.191. The summed E-state index contributed by atoms with van der Waals surface area (Å²) in [7, 11) is 5.27. The molecule has 0 aliphatic rings. The zero-order valence-electron chi connectivity index (χ0n) is 13.5.